The minimum atomic E-state index is -0.940. The molecule has 4 saturated carbocycles. The third kappa shape index (κ3) is 3.19. The van der Waals surface area contributed by atoms with Gasteiger partial charge < -0.3 is 21.2 Å². The highest BCUT2D eigenvalue weighted by Gasteiger charge is 2.70. The Hall–Kier alpha value is -1.20. The van der Waals surface area contributed by atoms with Crippen molar-refractivity contribution >= 4 is 11.8 Å². The van der Waals surface area contributed by atoms with Crippen LogP contribution in [0.4, 0.5) is 0 Å². The molecule has 5 aliphatic rings. The first-order chi connectivity index (χ1) is 15.6. The normalized spacial score (nSPS) is 52.6. The van der Waals surface area contributed by atoms with Crippen molar-refractivity contribution in [3.63, 3.8) is 0 Å². The lowest BCUT2D eigenvalue weighted by atomic mass is 9.33. The lowest BCUT2D eigenvalue weighted by Gasteiger charge is -2.70. The number of aliphatic hydroxyl groups excluding tert-OH is 1. The number of carbonyl (C=O) groups excluding carboxylic acids is 2. The zero-order valence-electron chi connectivity index (χ0n) is 23.4. The standard InChI is InChI=1S/C30H46O4.H3N/c1-25(2)21-8-11-30(7)23(28(21,5)10-9-22(25)32)20(31)16-18-19-17-27(4,24(33)34)13-12-26(19,3)14-15-29(18,30)6;/h16,19,21-23,32H,8-15,17H2,1-7H3,(H,33,34);1H3/t19-,21?,22+,23?,26-,27-,28+,29-,30-;/m1./s1. The van der Waals surface area contributed by atoms with Gasteiger partial charge in [0, 0.05) is 17.3 Å². The number of hydrogen-bond acceptors (Lipinski definition) is 4. The van der Waals surface area contributed by atoms with Crippen LogP contribution in [0, 0.1) is 50.2 Å². The number of ketones is 1. The van der Waals surface area contributed by atoms with Crippen molar-refractivity contribution in [3.8, 4) is 0 Å². The number of carboxylic acid groups (broad SMARTS) is 1. The van der Waals surface area contributed by atoms with Gasteiger partial charge in [-0.2, -0.15) is 0 Å². The Labute approximate surface area is 212 Å². The smallest absolute Gasteiger partial charge is 0.159 e. The lowest BCUT2D eigenvalue weighted by Crippen LogP contribution is -2.66. The molecule has 0 aliphatic heterocycles. The Morgan fingerprint density at radius 1 is 0.943 bits per heavy atom. The molecule has 0 aromatic carbocycles. The number of carbonyl (C=O) groups is 2. The highest BCUT2D eigenvalue weighted by atomic mass is 16.4. The van der Waals surface area contributed by atoms with Gasteiger partial charge in [-0.05, 0) is 103 Å². The van der Waals surface area contributed by atoms with E-state index in [2.05, 4.69) is 41.5 Å². The topological polar surface area (TPSA) is 114 Å². The van der Waals surface area contributed by atoms with Gasteiger partial charge in [-0.1, -0.05) is 54.0 Å². The molecule has 5 aliphatic carbocycles. The fraction of sp³-hybridized carbons (Fsp3) is 0.867. The Morgan fingerprint density at radius 2 is 1.57 bits per heavy atom. The second-order valence-electron chi connectivity index (χ2n) is 14.9. The molecule has 4 fully saturated rings. The van der Waals surface area contributed by atoms with Crippen LogP contribution in [0.25, 0.3) is 0 Å². The molecule has 198 valence electrons. The van der Waals surface area contributed by atoms with E-state index in [1.54, 1.807) is 0 Å². The van der Waals surface area contributed by atoms with Crippen LogP contribution in [-0.2, 0) is 9.59 Å². The molecule has 0 aromatic rings. The minimum absolute atomic E-state index is 0. The van der Waals surface area contributed by atoms with Crippen LogP contribution in [-0.4, -0.2) is 23.0 Å². The molecule has 0 radical (unpaired) electrons. The maximum atomic E-state index is 14.2. The van der Waals surface area contributed by atoms with Crippen molar-refractivity contribution in [1.29, 1.82) is 0 Å². The van der Waals surface area contributed by atoms with Crippen LogP contribution in [0.3, 0.4) is 0 Å². The molecule has 5 nitrogen and oxygen atoms in total. The second kappa shape index (κ2) is 7.66. The van der Waals surface area contributed by atoms with Crippen LogP contribution in [0.15, 0.2) is 11.6 Å². The SMILES string of the molecule is CC1(C)C2CC[C@]3(C)C(C(=O)C=C4[C@H]5C[C@](C)(C(=O)[O-])CC[C@]5(C)CC[C@]43C)[C@@]2(C)CC[C@@H]1O.[NH4+]. The molecule has 5 heteroatoms. The van der Waals surface area contributed by atoms with Crippen molar-refractivity contribution in [2.45, 2.75) is 112 Å². The van der Waals surface area contributed by atoms with Gasteiger partial charge in [0.15, 0.2) is 5.78 Å². The summed E-state index contributed by atoms with van der Waals surface area (Å²) < 4.78 is 0. The van der Waals surface area contributed by atoms with Gasteiger partial charge in [0.25, 0.3) is 0 Å². The lowest BCUT2D eigenvalue weighted by molar-refractivity contribution is -0.321. The summed E-state index contributed by atoms with van der Waals surface area (Å²) in [4.78, 5) is 26.3. The summed E-state index contributed by atoms with van der Waals surface area (Å²) >= 11 is 0. The van der Waals surface area contributed by atoms with Gasteiger partial charge in [0.05, 0.1) is 6.10 Å². The molecular formula is C30H49NO4. The van der Waals surface area contributed by atoms with Gasteiger partial charge in [-0.3, -0.25) is 4.79 Å². The highest BCUT2D eigenvalue weighted by Crippen LogP contribution is 2.75. The molecule has 0 amide bonds. The molecule has 5 rings (SSSR count). The van der Waals surface area contributed by atoms with Gasteiger partial charge in [0.2, 0.25) is 0 Å². The van der Waals surface area contributed by atoms with E-state index in [1.165, 1.54) is 5.57 Å². The van der Waals surface area contributed by atoms with E-state index < -0.39 is 11.4 Å². The van der Waals surface area contributed by atoms with Gasteiger partial charge in [-0.15, -0.1) is 0 Å². The molecular weight excluding hydrogens is 438 g/mol. The summed E-state index contributed by atoms with van der Waals surface area (Å²) in [6.45, 7) is 15.7. The van der Waals surface area contributed by atoms with Crippen LogP contribution in [0.1, 0.15) is 106 Å². The second-order valence-corrected chi connectivity index (χ2v) is 14.9. The quantitative estimate of drug-likeness (QED) is 0.511. The number of aliphatic carboxylic acids is 1. The van der Waals surface area contributed by atoms with Crippen LogP contribution in [0.2, 0.25) is 0 Å². The van der Waals surface area contributed by atoms with E-state index in [-0.39, 0.29) is 56.9 Å². The third-order valence-corrected chi connectivity index (χ3v) is 13.0. The van der Waals surface area contributed by atoms with E-state index in [1.807, 2.05) is 13.0 Å². The van der Waals surface area contributed by atoms with E-state index in [0.29, 0.717) is 18.8 Å². The number of quaternary nitrogens is 1. The first-order valence-electron chi connectivity index (χ1n) is 13.7. The molecule has 35 heavy (non-hydrogen) atoms. The molecule has 0 aromatic heterocycles. The number of allylic oxidation sites excluding steroid dienone is 2. The van der Waals surface area contributed by atoms with E-state index in [0.717, 1.165) is 44.9 Å². The molecule has 0 spiro atoms. The Balaban J connectivity index is 0.00000289. The monoisotopic (exact) mass is 487 g/mol. The Kier molecular flexibility index (Phi) is 5.88. The average molecular weight is 488 g/mol. The maximum absolute atomic E-state index is 14.2. The summed E-state index contributed by atoms with van der Waals surface area (Å²) in [5, 5.41) is 23.0. The number of aliphatic hydroxyl groups is 1. The molecule has 0 heterocycles. The number of hydrogen-bond donors (Lipinski definition) is 2. The summed E-state index contributed by atoms with van der Waals surface area (Å²) in [5.41, 5.74) is -0.0781. The van der Waals surface area contributed by atoms with Gasteiger partial charge in [-0.25, -0.2) is 0 Å². The van der Waals surface area contributed by atoms with Gasteiger partial charge in [0.1, 0.15) is 0 Å². The highest BCUT2D eigenvalue weighted by molar-refractivity contribution is 5.95. The average Bonchev–Trinajstić information content (AvgIpc) is 2.73. The summed E-state index contributed by atoms with van der Waals surface area (Å²) in [7, 11) is 0. The summed E-state index contributed by atoms with van der Waals surface area (Å²) in [5.74, 6) is -0.266. The first-order valence-corrected chi connectivity index (χ1v) is 13.7. The van der Waals surface area contributed by atoms with Crippen molar-refractivity contribution < 1.29 is 19.8 Å². The fourth-order valence-electron chi connectivity index (χ4n) is 10.4. The van der Waals surface area contributed by atoms with Crippen molar-refractivity contribution in [2.75, 3.05) is 0 Å². The number of rotatable bonds is 1. The molecule has 2 unspecified atom stereocenters. The number of carboxylic acids is 1. The van der Waals surface area contributed by atoms with Crippen molar-refractivity contribution in [3.05, 3.63) is 11.6 Å². The largest absolute Gasteiger partial charge is 0.550 e. The zero-order chi connectivity index (χ0) is 25.1. The van der Waals surface area contributed by atoms with Crippen molar-refractivity contribution in [1.82, 2.24) is 6.15 Å². The predicted octanol–water partition coefficient (Wildman–Crippen LogP) is 5.45. The molecule has 0 saturated heterocycles. The van der Waals surface area contributed by atoms with E-state index in [9.17, 15) is 19.8 Å². The summed E-state index contributed by atoms with van der Waals surface area (Å²) in [6.07, 6.45) is 9.69. The summed E-state index contributed by atoms with van der Waals surface area (Å²) in [6, 6.07) is 0. The fourth-order valence-corrected chi connectivity index (χ4v) is 10.4. The molecule has 5 N–H and O–H groups in total. The van der Waals surface area contributed by atoms with Crippen LogP contribution < -0.4 is 11.3 Å². The zero-order valence-corrected chi connectivity index (χ0v) is 23.4. The van der Waals surface area contributed by atoms with E-state index in [4.69, 9.17) is 0 Å². The molecule has 9 atom stereocenters. The van der Waals surface area contributed by atoms with Crippen LogP contribution >= 0.6 is 0 Å². The number of fused-ring (bicyclic) bond motifs is 7. The predicted molar refractivity (Wildman–Crippen MR) is 136 cm³/mol. The van der Waals surface area contributed by atoms with Crippen molar-refractivity contribution in [2.24, 2.45) is 50.2 Å². The first kappa shape index (κ1) is 26.9. The minimum Gasteiger partial charge on any atom is -0.550 e. The third-order valence-electron chi connectivity index (χ3n) is 13.0. The van der Waals surface area contributed by atoms with Gasteiger partial charge >= 0.3 is 0 Å². The van der Waals surface area contributed by atoms with E-state index >= 15 is 0 Å². The molecule has 0 bridgehead atoms. The Bertz CT molecular complexity index is 971. The van der Waals surface area contributed by atoms with Crippen LogP contribution in [0.5, 0.6) is 0 Å². The Morgan fingerprint density at radius 3 is 2.20 bits per heavy atom. The maximum Gasteiger partial charge on any atom is 0.159 e.